The number of hydrogen-bond acceptors (Lipinski definition) is 4. The normalized spacial score (nSPS) is 10.6. The van der Waals surface area contributed by atoms with Crippen molar-refractivity contribution >= 4 is 11.8 Å². The molecule has 0 aliphatic heterocycles. The molecule has 0 radical (unpaired) electrons. The van der Waals surface area contributed by atoms with Crippen LogP contribution in [0, 0.1) is 5.82 Å². The summed E-state index contributed by atoms with van der Waals surface area (Å²) in [4.78, 5) is 8.92. The SMILES string of the molecule is CCc1cc(Oc2ccccc2)nc(SCc2ccccc2F)n1. The number of aromatic nitrogens is 2. The zero-order valence-corrected chi connectivity index (χ0v) is 14.1. The predicted molar refractivity (Wildman–Crippen MR) is 93.9 cm³/mol. The Morgan fingerprint density at radius 2 is 1.75 bits per heavy atom. The molecule has 3 nitrogen and oxygen atoms in total. The van der Waals surface area contributed by atoms with Gasteiger partial charge >= 0.3 is 0 Å². The molecule has 0 fully saturated rings. The third-order valence-electron chi connectivity index (χ3n) is 3.38. The molecule has 0 saturated heterocycles. The molecule has 0 N–H and O–H groups in total. The van der Waals surface area contributed by atoms with Gasteiger partial charge in [0, 0.05) is 17.5 Å². The first-order chi connectivity index (χ1) is 11.7. The van der Waals surface area contributed by atoms with E-state index in [0.717, 1.165) is 17.9 Å². The van der Waals surface area contributed by atoms with Gasteiger partial charge in [0.15, 0.2) is 5.16 Å². The number of aryl methyl sites for hydroxylation is 1. The lowest BCUT2D eigenvalue weighted by Gasteiger charge is -2.08. The molecule has 122 valence electrons. The molecule has 2 aromatic carbocycles. The molecule has 5 heteroatoms. The van der Waals surface area contributed by atoms with Crippen LogP contribution in [-0.2, 0) is 12.2 Å². The fourth-order valence-corrected chi connectivity index (χ4v) is 2.97. The van der Waals surface area contributed by atoms with E-state index in [1.165, 1.54) is 17.8 Å². The van der Waals surface area contributed by atoms with E-state index in [4.69, 9.17) is 4.74 Å². The van der Waals surface area contributed by atoms with Crippen LogP contribution in [0.5, 0.6) is 11.6 Å². The summed E-state index contributed by atoms with van der Waals surface area (Å²) in [5, 5.41) is 0.587. The predicted octanol–water partition coefficient (Wildman–Crippen LogP) is 5.26. The highest BCUT2D eigenvalue weighted by molar-refractivity contribution is 7.98. The Morgan fingerprint density at radius 1 is 1.00 bits per heavy atom. The maximum absolute atomic E-state index is 13.7. The van der Waals surface area contributed by atoms with Crippen LogP contribution in [0.25, 0.3) is 0 Å². The molecule has 0 spiro atoms. The average Bonchev–Trinajstić information content (AvgIpc) is 2.62. The number of para-hydroxylation sites is 1. The van der Waals surface area contributed by atoms with Gasteiger partial charge in [0.05, 0.1) is 0 Å². The standard InChI is InChI=1S/C19H17FN2OS/c1-2-15-12-18(23-16-9-4-3-5-10-16)22-19(21-15)24-13-14-8-6-7-11-17(14)20/h3-12H,2,13H2,1H3. The van der Waals surface area contributed by atoms with E-state index >= 15 is 0 Å². The summed E-state index contributed by atoms with van der Waals surface area (Å²) < 4.78 is 19.5. The second-order valence-electron chi connectivity index (χ2n) is 5.13. The minimum Gasteiger partial charge on any atom is -0.439 e. The van der Waals surface area contributed by atoms with Crippen molar-refractivity contribution in [2.45, 2.75) is 24.3 Å². The topological polar surface area (TPSA) is 35.0 Å². The van der Waals surface area contributed by atoms with Crippen molar-refractivity contribution in [1.82, 2.24) is 9.97 Å². The molecular formula is C19H17FN2OS. The fourth-order valence-electron chi connectivity index (χ4n) is 2.11. The van der Waals surface area contributed by atoms with E-state index in [9.17, 15) is 4.39 Å². The van der Waals surface area contributed by atoms with Crippen molar-refractivity contribution in [2.75, 3.05) is 0 Å². The first-order valence-corrected chi connectivity index (χ1v) is 8.70. The van der Waals surface area contributed by atoms with Crippen molar-refractivity contribution in [3.05, 3.63) is 77.7 Å². The number of ether oxygens (including phenoxy) is 1. The van der Waals surface area contributed by atoms with Gasteiger partial charge in [-0.2, -0.15) is 4.98 Å². The Bertz CT molecular complexity index is 811. The van der Waals surface area contributed by atoms with Crippen LogP contribution in [0.15, 0.2) is 65.8 Å². The summed E-state index contributed by atoms with van der Waals surface area (Å²) in [6.45, 7) is 2.03. The Balaban J connectivity index is 1.77. The highest BCUT2D eigenvalue weighted by Gasteiger charge is 2.08. The number of hydrogen-bond donors (Lipinski definition) is 0. The van der Waals surface area contributed by atoms with E-state index in [-0.39, 0.29) is 5.82 Å². The quantitative estimate of drug-likeness (QED) is 0.453. The molecule has 0 aliphatic carbocycles. The largest absolute Gasteiger partial charge is 0.439 e. The first kappa shape index (κ1) is 16.5. The highest BCUT2D eigenvalue weighted by atomic mass is 32.2. The molecule has 3 aromatic rings. The summed E-state index contributed by atoms with van der Waals surface area (Å²) in [6.07, 6.45) is 0.779. The summed E-state index contributed by atoms with van der Waals surface area (Å²) in [5.74, 6) is 1.50. The average molecular weight is 340 g/mol. The summed E-state index contributed by atoms with van der Waals surface area (Å²) >= 11 is 1.40. The Morgan fingerprint density at radius 3 is 2.50 bits per heavy atom. The van der Waals surface area contributed by atoms with E-state index < -0.39 is 0 Å². The van der Waals surface area contributed by atoms with Crippen molar-refractivity contribution in [2.24, 2.45) is 0 Å². The second-order valence-corrected chi connectivity index (χ2v) is 6.07. The minimum atomic E-state index is -0.211. The number of nitrogens with zero attached hydrogens (tertiary/aromatic N) is 2. The van der Waals surface area contributed by atoms with Crippen molar-refractivity contribution in [3.63, 3.8) is 0 Å². The lowest BCUT2D eigenvalue weighted by molar-refractivity contribution is 0.454. The van der Waals surface area contributed by atoms with Gasteiger partial charge in [-0.3, -0.25) is 0 Å². The zero-order valence-electron chi connectivity index (χ0n) is 13.3. The van der Waals surface area contributed by atoms with Crippen LogP contribution >= 0.6 is 11.8 Å². The lowest BCUT2D eigenvalue weighted by Crippen LogP contribution is -1.97. The highest BCUT2D eigenvalue weighted by Crippen LogP contribution is 2.26. The van der Waals surface area contributed by atoms with Crippen LogP contribution in [0.4, 0.5) is 4.39 Å². The van der Waals surface area contributed by atoms with E-state index in [1.807, 2.05) is 49.4 Å². The van der Waals surface area contributed by atoms with Gasteiger partial charge in [-0.1, -0.05) is 55.1 Å². The van der Waals surface area contributed by atoms with Gasteiger partial charge in [-0.05, 0) is 30.2 Å². The molecule has 0 unspecified atom stereocenters. The van der Waals surface area contributed by atoms with Crippen LogP contribution in [0.1, 0.15) is 18.2 Å². The Labute approximate surface area is 144 Å². The third-order valence-corrected chi connectivity index (χ3v) is 4.27. The second kappa shape index (κ2) is 7.93. The molecule has 0 bridgehead atoms. The van der Waals surface area contributed by atoms with Gasteiger partial charge in [-0.15, -0.1) is 0 Å². The van der Waals surface area contributed by atoms with Gasteiger partial charge in [-0.25, -0.2) is 9.37 Å². The molecule has 1 aromatic heterocycles. The molecule has 1 heterocycles. The molecule has 3 rings (SSSR count). The van der Waals surface area contributed by atoms with Crippen LogP contribution in [0.3, 0.4) is 0 Å². The molecule has 0 atom stereocenters. The van der Waals surface area contributed by atoms with Gasteiger partial charge in [0.2, 0.25) is 5.88 Å². The van der Waals surface area contributed by atoms with Gasteiger partial charge in [0.25, 0.3) is 0 Å². The molecule has 0 amide bonds. The fraction of sp³-hybridized carbons (Fsp3) is 0.158. The van der Waals surface area contributed by atoms with Crippen molar-refractivity contribution < 1.29 is 9.13 Å². The molecular weight excluding hydrogens is 323 g/mol. The van der Waals surface area contributed by atoms with E-state index in [0.29, 0.717) is 22.4 Å². The maximum atomic E-state index is 13.7. The van der Waals surface area contributed by atoms with Crippen molar-refractivity contribution in [1.29, 1.82) is 0 Å². The van der Waals surface area contributed by atoms with E-state index in [1.54, 1.807) is 12.1 Å². The summed E-state index contributed by atoms with van der Waals surface area (Å²) in [7, 11) is 0. The summed E-state index contributed by atoms with van der Waals surface area (Å²) in [6, 6.07) is 18.1. The first-order valence-electron chi connectivity index (χ1n) is 7.71. The summed E-state index contributed by atoms with van der Waals surface area (Å²) in [5.41, 5.74) is 1.53. The van der Waals surface area contributed by atoms with Gasteiger partial charge in [0.1, 0.15) is 11.6 Å². The minimum absolute atomic E-state index is 0.211. The molecule has 24 heavy (non-hydrogen) atoms. The van der Waals surface area contributed by atoms with Crippen LogP contribution in [-0.4, -0.2) is 9.97 Å². The number of benzene rings is 2. The van der Waals surface area contributed by atoms with Gasteiger partial charge < -0.3 is 4.74 Å². The number of rotatable bonds is 6. The lowest BCUT2D eigenvalue weighted by atomic mass is 10.2. The number of thioether (sulfide) groups is 1. The third kappa shape index (κ3) is 4.32. The van der Waals surface area contributed by atoms with Crippen molar-refractivity contribution in [3.8, 4) is 11.6 Å². The Kier molecular flexibility index (Phi) is 5.43. The zero-order chi connectivity index (χ0) is 16.8. The molecule has 0 aliphatic rings. The van der Waals surface area contributed by atoms with Crippen LogP contribution < -0.4 is 4.74 Å². The molecule has 0 saturated carbocycles. The monoisotopic (exact) mass is 340 g/mol. The Hall–Kier alpha value is -2.40. The van der Waals surface area contributed by atoms with Crippen LogP contribution in [0.2, 0.25) is 0 Å². The number of halogens is 1. The smallest absolute Gasteiger partial charge is 0.223 e. The van der Waals surface area contributed by atoms with E-state index in [2.05, 4.69) is 9.97 Å². The maximum Gasteiger partial charge on any atom is 0.223 e.